The fraction of sp³-hybridized carbons (Fsp3) is 0.182. The van der Waals surface area contributed by atoms with Gasteiger partial charge in [-0.15, -0.1) is 16.7 Å². The molecule has 1 atom stereocenters. The molecule has 0 spiro atoms. The molecule has 17 heavy (non-hydrogen) atoms. The van der Waals surface area contributed by atoms with E-state index in [9.17, 15) is 4.79 Å². The van der Waals surface area contributed by atoms with E-state index in [0.29, 0.717) is 10.8 Å². The Morgan fingerprint density at radius 1 is 1.41 bits per heavy atom. The zero-order chi connectivity index (χ0) is 12.1. The summed E-state index contributed by atoms with van der Waals surface area (Å²) in [6.07, 6.45) is 1.44. The highest BCUT2D eigenvalue weighted by atomic mass is 35.5. The maximum atomic E-state index is 11.8. The number of nitrogens with zero attached hydrogens (tertiary/aromatic N) is 2. The molecule has 2 aromatic rings. The van der Waals surface area contributed by atoms with Crippen molar-refractivity contribution < 1.29 is 4.79 Å². The second kappa shape index (κ2) is 5.75. The fourth-order valence-electron chi connectivity index (χ4n) is 1.39. The minimum absolute atomic E-state index is 0.200. The van der Waals surface area contributed by atoms with Crippen LogP contribution in [0, 0.1) is 0 Å². The van der Waals surface area contributed by atoms with E-state index in [4.69, 9.17) is 11.6 Å². The van der Waals surface area contributed by atoms with E-state index in [-0.39, 0.29) is 11.9 Å². The summed E-state index contributed by atoms with van der Waals surface area (Å²) in [5.74, 6) is 0.122. The number of rotatable bonds is 4. The average Bonchev–Trinajstić information content (AvgIpc) is 2.90. The van der Waals surface area contributed by atoms with Crippen LogP contribution in [0.4, 0.5) is 0 Å². The molecule has 1 N–H and O–H groups in total. The molecule has 0 bridgehead atoms. The first-order valence-electron chi connectivity index (χ1n) is 5.00. The van der Waals surface area contributed by atoms with Gasteiger partial charge in [0.05, 0.1) is 12.2 Å². The fourth-order valence-corrected chi connectivity index (χ4v) is 2.07. The molecule has 1 unspecified atom stereocenters. The van der Waals surface area contributed by atoms with Gasteiger partial charge in [0.1, 0.15) is 4.88 Å². The molecule has 0 radical (unpaired) electrons. The molecule has 88 valence electrons. The Hall–Kier alpha value is -1.46. The number of nitrogens with one attached hydrogen (secondary N) is 1. The second-order valence-corrected chi connectivity index (χ2v) is 4.47. The number of hydrogen-bond acceptors (Lipinski definition) is 4. The van der Waals surface area contributed by atoms with E-state index in [1.54, 1.807) is 0 Å². The Bertz CT molecular complexity index is 475. The first-order chi connectivity index (χ1) is 8.31. The number of amides is 1. The van der Waals surface area contributed by atoms with Crippen LogP contribution in [0.1, 0.15) is 21.3 Å². The molecule has 4 nitrogen and oxygen atoms in total. The number of benzene rings is 1. The molecule has 6 heteroatoms. The summed E-state index contributed by atoms with van der Waals surface area (Å²) in [6.45, 7) is 0. The average molecular weight is 268 g/mol. The third kappa shape index (κ3) is 3.01. The maximum Gasteiger partial charge on any atom is 0.265 e. The van der Waals surface area contributed by atoms with Crippen molar-refractivity contribution in [1.29, 1.82) is 0 Å². The van der Waals surface area contributed by atoms with E-state index in [1.165, 1.54) is 6.20 Å². The number of carbonyl (C=O) groups is 1. The molecular weight excluding hydrogens is 258 g/mol. The smallest absolute Gasteiger partial charge is 0.265 e. The van der Waals surface area contributed by atoms with Gasteiger partial charge in [0, 0.05) is 5.88 Å². The summed E-state index contributed by atoms with van der Waals surface area (Å²) < 4.78 is 3.65. The molecule has 1 heterocycles. The lowest BCUT2D eigenvalue weighted by Gasteiger charge is -2.15. The SMILES string of the molecule is O=C(NC(CCl)c1ccccc1)c1cnns1. The van der Waals surface area contributed by atoms with Gasteiger partial charge in [-0.1, -0.05) is 34.8 Å². The van der Waals surface area contributed by atoms with Gasteiger partial charge in [0.2, 0.25) is 0 Å². The van der Waals surface area contributed by atoms with Crippen molar-refractivity contribution in [2.24, 2.45) is 0 Å². The van der Waals surface area contributed by atoms with Gasteiger partial charge in [-0.25, -0.2) is 0 Å². The molecule has 0 aliphatic rings. The summed E-state index contributed by atoms with van der Waals surface area (Å²) >= 11 is 6.93. The van der Waals surface area contributed by atoms with Crippen molar-refractivity contribution in [1.82, 2.24) is 14.9 Å². The minimum Gasteiger partial charge on any atom is -0.343 e. The van der Waals surface area contributed by atoms with E-state index >= 15 is 0 Å². The highest BCUT2D eigenvalue weighted by Gasteiger charge is 2.15. The lowest BCUT2D eigenvalue weighted by atomic mass is 10.1. The Morgan fingerprint density at radius 2 is 2.18 bits per heavy atom. The highest BCUT2D eigenvalue weighted by Crippen LogP contribution is 2.15. The molecule has 0 saturated heterocycles. The lowest BCUT2D eigenvalue weighted by Crippen LogP contribution is -2.29. The number of hydrogen-bond donors (Lipinski definition) is 1. The van der Waals surface area contributed by atoms with E-state index < -0.39 is 0 Å². The number of carbonyl (C=O) groups excluding carboxylic acids is 1. The van der Waals surface area contributed by atoms with Crippen molar-refractivity contribution in [3.05, 3.63) is 47.0 Å². The Labute approximate surface area is 108 Å². The third-order valence-electron chi connectivity index (χ3n) is 2.25. The van der Waals surface area contributed by atoms with Gasteiger partial charge in [-0.2, -0.15) is 0 Å². The van der Waals surface area contributed by atoms with Crippen LogP contribution in [0.2, 0.25) is 0 Å². The number of alkyl halides is 1. The molecule has 1 aromatic heterocycles. The summed E-state index contributed by atoms with van der Waals surface area (Å²) in [6, 6.07) is 9.40. The molecule has 2 rings (SSSR count). The van der Waals surface area contributed by atoms with Crippen LogP contribution in [0.5, 0.6) is 0 Å². The third-order valence-corrected chi connectivity index (χ3v) is 3.22. The van der Waals surface area contributed by atoms with Crippen LogP contribution < -0.4 is 5.32 Å². The van der Waals surface area contributed by atoms with Crippen molar-refractivity contribution in [2.45, 2.75) is 6.04 Å². The summed E-state index contributed by atoms with van der Waals surface area (Å²) in [5, 5.41) is 6.47. The predicted molar refractivity (Wildman–Crippen MR) is 67.3 cm³/mol. The van der Waals surface area contributed by atoms with Gasteiger partial charge in [-0.3, -0.25) is 4.79 Å². The largest absolute Gasteiger partial charge is 0.343 e. The zero-order valence-electron chi connectivity index (χ0n) is 8.84. The van der Waals surface area contributed by atoms with Crippen LogP contribution in [0.3, 0.4) is 0 Å². The van der Waals surface area contributed by atoms with Crippen molar-refractivity contribution in [2.75, 3.05) is 5.88 Å². The monoisotopic (exact) mass is 267 g/mol. The molecule has 0 aliphatic heterocycles. The zero-order valence-corrected chi connectivity index (χ0v) is 10.4. The molecule has 0 aliphatic carbocycles. The maximum absolute atomic E-state index is 11.8. The lowest BCUT2D eigenvalue weighted by molar-refractivity contribution is 0.0944. The van der Waals surface area contributed by atoms with Gasteiger partial charge >= 0.3 is 0 Å². The topological polar surface area (TPSA) is 54.9 Å². The van der Waals surface area contributed by atoms with Crippen molar-refractivity contribution in [3.63, 3.8) is 0 Å². The van der Waals surface area contributed by atoms with E-state index in [1.807, 2.05) is 30.3 Å². The normalized spacial score (nSPS) is 12.1. The first kappa shape index (κ1) is 12.0. The minimum atomic E-state index is -0.201. The molecule has 1 amide bonds. The Morgan fingerprint density at radius 3 is 2.76 bits per heavy atom. The van der Waals surface area contributed by atoms with E-state index in [0.717, 1.165) is 17.1 Å². The van der Waals surface area contributed by atoms with Crippen LogP contribution in [-0.4, -0.2) is 21.4 Å². The summed E-state index contributed by atoms with van der Waals surface area (Å²) in [5.41, 5.74) is 0.980. The second-order valence-electron chi connectivity index (χ2n) is 3.37. The van der Waals surface area contributed by atoms with Gasteiger partial charge < -0.3 is 5.32 Å². The molecule has 1 aromatic carbocycles. The number of aromatic nitrogens is 2. The van der Waals surface area contributed by atoms with Crippen LogP contribution in [0.25, 0.3) is 0 Å². The predicted octanol–water partition coefficient (Wildman–Crippen LogP) is 2.25. The van der Waals surface area contributed by atoms with Gasteiger partial charge in [-0.05, 0) is 17.1 Å². The van der Waals surface area contributed by atoms with Crippen LogP contribution in [-0.2, 0) is 0 Å². The quantitative estimate of drug-likeness (QED) is 0.865. The van der Waals surface area contributed by atoms with Crippen molar-refractivity contribution in [3.8, 4) is 0 Å². The molecule has 0 saturated carbocycles. The summed E-state index contributed by atoms with van der Waals surface area (Å²) in [7, 11) is 0. The highest BCUT2D eigenvalue weighted by molar-refractivity contribution is 7.07. The standard InChI is InChI=1S/C11H10ClN3OS/c12-6-9(8-4-2-1-3-5-8)14-11(16)10-7-13-15-17-10/h1-5,7,9H,6H2,(H,14,16). The van der Waals surface area contributed by atoms with Crippen LogP contribution >= 0.6 is 23.1 Å². The van der Waals surface area contributed by atoms with Gasteiger partial charge in [0.25, 0.3) is 5.91 Å². The molecule has 0 fully saturated rings. The van der Waals surface area contributed by atoms with Gasteiger partial charge in [0.15, 0.2) is 0 Å². The van der Waals surface area contributed by atoms with Crippen molar-refractivity contribution >= 4 is 29.0 Å². The Balaban J connectivity index is 2.09. The Kier molecular flexibility index (Phi) is 4.06. The first-order valence-corrected chi connectivity index (χ1v) is 6.31. The van der Waals surface area contributed by atoms with E-state index in [2.05, 4.69) is 14.9 Å². The molecular formula is C11H10ClN3OS. The number of halogens is 1. The summed E-state index contributed by atoms with van der Waals surface area (Å²) in [4.78, 5) is 12.3. The van der Waals surface area contributed by atoms with Crippen LogP contribution in [0.15, 0.2) is 36.5 Å².